The first-order chi connectivity index (χ1) is 7.59. The van der Waals surface area contributed by atoms with E-state index in [1.54, 1.807) is 0 Å². The molecule has 0 aromatic carbocycles. The summed E-state index contributed by atoms with van der Waals surface area (Å²) in [5.74, 6) is 1.14. The fraction of sp³-hybridized carbons (Fsp3) is 0.917. The van der Waals surface area contributed by atoms with E-state index in [0.717, 1.165) is 32.6 Å². The molecule has 2 N–H and O–H groups in total. The van der Waals surface area contributed by atoms with Crippen molar-refractivity contribution in [1.82, 2.24) is 10.2 Å². The molecule has 4 unspecified atom stereocenters. The van der Waals surface area contributed by atoms with Gasteiger partial charge >= 0.3 is 0 Å². The molecule has 0 aliphatic carbocycles. The van der Waals surface area contributed by atoms with Gasteiger partial charge in [-0.2, -0.15) is 0 Å². The van der Waals surface area contributed by atoms with Gasteiger partial charge in [0.15, 0.2) is 0 Å². The first-order valence-corrected chi connectivity index (χ1v) is 6.27. The predicted octanol–water partition coefficient (Wildman–Crippen LogP) is 0.0712. The fourth-order valence-electron chi connectivity index (χ4n) is 2.76. The van der Waals surface area contributed by atoms with Gasteiger partial charge in [0.2, 0.25) is 5.91 Å². The summed E-state index contributed by atoms with van der Waals surface area (Å²) < 4.78 is 0. The number of nitrogens with zero attached hydrogens (tertiary/aromatic N) is 1. The largest absolute Gasteiger partial charge is 0.393 e. The van der Waals surface area contributed by atoms with Gasteiger partial charge in [-0.1, -0.05) is 6.92 Å². The third-order valence-corrected chi connectivity index (χ3v) is 4.05. The van der Waals surface area contributed by atoms with E-state index in [9.17, 15) is 9.90 Å². The van der Waals surface area contributed by atoms with Crippen LogP contribution < -0.4 is 5.32 Å². The van der Waals surface area contributed by atoms with Crippen LogP contribution in [-0.4, -0.2) is 48.2 Å². The maximum absolute atomic E-state index is 12.2. The monoisotopic (exact) mass is 226 g/mol. The summed E-state index contributed by atoms with van der Waals surface area (Å²) in [5, 5.41) is 12.8. The third-order valence-electron chi connectivity index (χ3n) is 4.05. The van der Waals surface area contributed by atoms with Crippen molar-refractivity contribution >= 4 is 5.91 Å². The second-order valence-corrected chi connectivity index (χ2v) is 5.32. The Labute approximate surface area is 97.0 Å². The van der Waals surface area contributed by atoms with Crippen LogP contribution in [0.5, 0.6) is 0 Å². The van der Waals surface area contributed by atoms with Crippen LogP contribution in [0.2, 0.25) is 0 Å². The summed E-state index contributed by atoms with van der Waals surface area (Å²) in [6.45, 7) is 7.26. The van der Waals surface area contributed by atoms with Crippen LogP contribution in [0, 0.1) is 17.8 Å². The Bertz CT molecular complexity index is 268. The Balaban J connectivity index is 1.91. The summed E-state index contributed by atoms with van der Waals surface area (Å²) in [6.07, 6.45) is 0.648. The molecule has 4 nitrogen and oxygen atoms in total. The summed E-state index contributed by atoms with van der Waals surface area (Å²) >= 11 is 0. The first kappa shape index (κ1) is 11.9. The van der Waals surface area contributed by atoms with Crippen molar-refractivity contribution < 1.29 is 9.90 Å². The summed E-state index contributed by atoms with van der Waals surface area (Å²) in [5.41, 5.74) is 0. The van der Waals surface area contributed by atoms with Crippen LogP contribution in [0.15, 0.2) is 0 Å². The molecular formula is C12H22N2O2. The van der Waals surface area contributed by atoms with Crippen LogP contribution in [0.1, 0.15) is 20.3 Å². The van der Waals surface area contributed by atoms with Crippen molar-refractivity contribution in [2.24, 2.45) is 17.8 Å². The Kier molecular flexibility index (Phi) is 3.50. The second kappa shape index (κ2) is 4.72. The molecule has 2 rings (SSSR count). The van der Waals surface area contributed by atoms with Crippen molar-refractivity contribution in [3.8, 4) is 0 Å². The van der Waals surface area contributed by atoms with E-state index in [-0.39, 0.29) is 23.8 Å². The molecule has 4 heteroatoms. The van der Waals surface area contributed by atoms with Crippen molar-refractivity contribution in [1.29, 1.82) is 0 Å². The van der Waals surface area contributed by atoms with Gasteiger partial charge in [0, 0.05) is 25.6 Å². The lowest BCUT2D eigenvalue weighted by molar-refractivity contribution is -0.135. The molecule has 0 saturated carbocycles. The molecule has 4 atom stereocenters. The van der Waals surface area contributed by atoms with E-state index in [0.29, 0.717) is 5.92 Å². The maximum atomic E-state index is 12.2. The number of rotatable bonds is 2. The van der Waals surface area contributed by atoms with Crippen molar-refractivity contribution in [2.45, 2.75) is 26.4 Å². The highest BCUT2D eigenvalue weighted by Crippen LogP contribution is 2.25. The Hall–Kier alpha value is -0.610. The van der Waals surface area contributed by atoms with Gasteiger partial charge in [0.1, 0.15) is 0 Å². The molecule has 0 spiro atoms. The number of carbonyl (C=O) groups excluding carboxylic acids is 1. The maximum Gasteiger partial charge on any atom is 0.227 e. The smallest absolute Gasteiger partial charge is 0.227 e. The number of amides is 1. The molecule has 0 aromatic heterocycles. The van der Waals surface area contributed by atoms with Gasteiger partial charge in [0.25, 0.3) is 0 Å². The lowest BCUT2D eigenvalue weighted by Gasteiger charge is -2.23. The van der Waals surface area contributed by atoms with Crippen LogP contribution in [0.3, 0.4) is 0 Å². The number of hydrogen-bond acceptors (Lipinski definition) is 3. The van der Waals surface area contributed by atoms with E-state index in [4.69, 9.17) is 0 Å². The predicted molar refractivity (Wildman–Crippen MR) is 61.9 cm³/mol. The molecule has 0 bridgehead atoms. The summed E-state index contributed by atoms with van der Waals surface area (Å²) in [4.78, 5) is 14.2. The van der Waals surface area contributed by atoms with Crippen LogP contribution >= 0.6 is 0 Å². The minimum absolute atomic E-state index is 0.146. The average molecular weight is 226 g/mol. The summed E-state index contributed by atoms with van der Waals surface area (Å²) in [7, 11) is 0. The average Bonchev–Trinajstić information content (AvgIpc) is 2.84. The molecule has 2 heterocycles. The van der Waals surface area contributed by atoms with E-state index in [2.05, 4.69) is 12.2 Å². The highest BCUT2D eigenvalue weighted by molar-refractivity contribution is 5.80. The van der Waals surface area contributed by atoms with Crippen LogP contribution in [-0.2, 0) is 4.79 Å². The van der Waals surface area contributed by atoms with Crippen LogP contribution in [0.25, 0.3) is 0 Å². The normalized spacial score (nSPS) is 36.7. The number of nitrogens with one attached hydrogen (secondary N) is 1. The van der Waals surface area contributed by atoms with E-state index < -0.39 is 0 Å². The van der Waals surface area contributed by atoms with Gasteiger partial charge in [0.05, 0.1) is 12.0 Å². The van der Waals surface area contributed by atoms with E-state index >= 15 is 0 Å². The molecule has 2 fully saturated rings. The van der Waals surface area contributed by atoms with Crippen molar-refractivity contribution in [3.63, 3.8) is 0 Å². The highest BCUT2D eigenvalue weighted by Gasteiger charge is 2.36. The molecular weight excluding hydrogens is 204 g/mol. The molecule has 2 aliphatic heterocycles. The van der Waals surface area contributed by atoms with Crippen molar-refractivity contribution in [2.75, 3.05) is 26.2 Å². The lowest BCUT2D eigenvalue weighted by atomic mass is 9.96. The zero-order valence-electron chi connectivity index (χ0n) is 10.1. The zero-order chi connectivity index (χ0) is 11.7. The minimum Gasteiger partial charge on any atom is -0.393 e. The first-order valence-electron chi connectivity index (χ1n) is 6.27. The number of hydrogen-bond donors (Lipinski definition) is 2. The standard InChI is InChI=1S/C12H22N2O2/c1-8-5-13-6-11(8)12(16)14-4-3-10(7-14)9(2)15/h8-11,13,15H,3-7H2,1-2H3. The van der Waals surface area contributed by atoms with E-state index in [1.807, 2.05) is 11.8 Å². The van der Waals surface area contributed by atoms with Gasteiger partial charge in [-0.05, 0) is 25.8 Å². The quantitative estimate of drug-likeness (QED) is 0.700. The molecule has 2 saturated heterocycles. The van der Waals surface area contributed by atoms with Gasteiger partial charge in [-0.15, -0.1) is 0 Å². The summed E-state index contributed by atoms with van der Waals surface area (Å²) in [6, 6.07) is 0. The van der Waals surface area contributed by atoms with Gasteiger partial charge in [-0.3, -0.25) is 4.79 Å². The SMILES string of the molecule is CC(O)C1CCN(C(=O)C2CNCC2C)C1. The number of aliphatic hydroxyl groups is 1. The molecule has 1 amide bonds. The molecule has 2 aliphatic rings. The molecule has 0 aromatic rings. The highest BCUT2D eigenvalue weighted by atomic mass is 16.3. The molecule has 16 heavy (non-hydrogen) atoms. The molecule has 0 radical (unpaired) electrons. The Morgan fingerprint density at radius 1 is 1.50 bits per heavy atom. The fourth-order valence-corrected chi connectivity index (χ4v) is 2.76. The Morgan fingerprint density at radius 3 is 2.75 bits per heavy atom. The van der Waals surface area contributed by atoms with Gasteiger partial charge < -0.3 is 15.3 Å². The minimum atomic E-state index is -0.295. The molecule has 92 valence electrons. The zero-order valence-corrected chi connectivity index (χ0v) is 10.1. The van der Waals surface area contributed by atoms with E-state index in [1.165, 1.54) is 0 Å². The van der Waals surface area contributed by atoms with Crippen LogP contribution in [0.4, 0.5) is 0 Å². The number of likely N-dealkylation sites (tertiary alicyclic amines) is 1. The second-order valence-electron chi connectivity index (χ2n) is 5.32. The topological polar surface area (TPSA) is 52.6 Å². The third kappa shape index (κ3) is 2.23. The Morgan fingerprint density at radius 2 is 2.25 bits per heavy atom. The van der Waals surface area contributed by atoms with Crippen molar-refractivity contribution in [3.05, 3.63) is 0 Å². The number of carbonyl (C=O) groups is 1. The number of aliphatic hydroxyl groups excluding tert-OH is 1. The lowest BCUT2D eigenvalue weighted by Crippen LogP contribution is -2.38. The van der Waals surface area contributed by atoms with Gasteiger partial charge in [-0.25, -0.2) is 0 Å².